The predicted octanol–water partition coefficient (Wildman–Crippen LogP) is 4.91. The zero-order valence-corrected chi connectivity index (χ0v) is 12.8. The Bertz CT molecular complexity index is 547. The number of aromatic nitrogens is 2. The SMILES string of the molecule is CCCc1cc(-c2ccc(Cl)cc2)n(C(C)(C)C)n1. The average molecular weight is 277 g/mol. The fraction of sp³-hybridized carbons (Fsp3) is 0.438. The largest absolute Gasteiger partial charge is 0.259 e. The molecule has 2 aromatic rings. The van der Waals surface area contributed by atoms with E-state index in [1.165, 1.54) is 0 Å². The highest BCUT2D eigenvalue weighted by Gasteiger charge is 2.20. The Labute approximate surface area is 120 Å². The second-order valence-corrected chi connectivity index (χ2v) is 6.30. The highest BCUT2D eigenvalue weighted by molar-refractivity contribution is 6.30. The van der Waals surface area contributed by atoms with E-state index in [0.717, 1.165) is 34.8 Å². The van der Waals surface area contributed by atoms with E-state index in [2.05, 4.69) is 50.6 Å². The number of benzene rings is 1. The molecule has 102 valence electrons. The predicted molar refractivity (Wildman–Crippen MR) is 81.7 cm³/mol. The zero-order chi connectivity index (χ0) is 14.0. The molecule has 1 aromatic heterocycles. The van der Waals surface area contributed by atoms with Crippen molar-refractivity contribution in [3.05, 3.63) is 41.0 Å². The Balaban J connectivity index is 2.51. The molecule has 0 aliphatic heterocycles. The Morgan fingerprint density at radius 3 is 2.32 bits per heavy atom. The highest BCUT2D eigenvalue weighted by Crippen LogP contribution is 2.28. The molecule has 0 fully saturated rings. The van der Waals surface area contributed by atoms with Gasteiger partial charge in [0.15, 0.2) is 0 Å². The van der Waals surface area contributed by atoms with E-state index in [9.17, 15) is 0 Å². The maximum absolute atomic E-state index is 5.96. The van der Waals surface area contributed by atoms with Crippen LogP contribution in [0.25, 0.3) is 11.3 Å². The van der Waals surface area contributed by atoms with Crippen molar-refractivity contribution in [3.63, 3.8) is 0 Å². The first-order chi connectivity index (χ1) is 8.91. The van der Waals surface area contributed by atoms with Crippen molar-refractivity contribution < 1.29 is 0 Å². The van der Waals surface area contributed by atoms with E-state index < -0.39 is 0 Å². The molecule has 0 atom stereocenters. The van der Waals surface area contributed by atoms with E-state index in [1.54, 1.807) is 0 Å². The van der Waals surface area contributed by atoms with E-state index in [-0.39, 0.29) is 5.54 Å². The Morgan fingerprint density at radius 1 is 1.16 bits per heavy atom. The van der Waals surface area contributed by atoms with Crippen molar-refractivity contribution in [1.82, 2.24) is 9.78 Å². The fourth-order valence-electron chi connectivity index (χ4n) is 2.15. The van der Waals surface area contributed by atoms with Crippen LogP contribution in [-0.2, 0) is 12.0 Å². The number of aryl methyl sites for hydroxylation is 1. The van der Waals surface area contributed by atoms with Crippen molar-refractivity contribution in [3.8, 4) is 11.3 Å². The molecule has 0 saturated heterocycles. The molecule has 0 spiro atoms. The summed E-state index contributed by atoms with van der Waals surface area (Å²) in [6.45, 7) is 8.71. The number of nitrogens with zero attached hydrogens (tertiary/aromatic N) is 2. The van der Waals surface area contributed by atoms with E-state index in [4.69, 9.17) is 16.7 Å². The smallest absolute Gasteiger partial charge is 0.0691 e. The quantitative estimate of drug-likeness (QED) is 0.779. The van der Waals surface area contributed by atoms with Crippen LogP contribution >= 0.6 is 11.6 Å². The zero-order valence-electron chi connectivity index (χ0n) is 12.1. The Hall–Kier alpha value is -1.28. The first-order valence-corrected chi connectivity index (χ1v) is 7.15. The first kappa shape index (κ1) is 14.1. The van der Waals surface area contributed by atoms with E-state index >= 15 is 0 Å². The average Bonchev–Trinajstić information content (AvgIpc) is 2.74. The van der Waals surface area contributed by atoms with Crippen LogP contribution in [0.3, 0.4) is 0 Å². The molecular weight excluding hydrogens is 256 g/mol. The number of rotatable bonds is 3. The van der Waals surface area contributed by atoms with Gasteiger partial charge in [-0.1, -0.05) is 37.1 Å². The molecule has 0 N–H and O–H groups in total. The summed E-state index contributed by atoms with van der Waals surface area (Å²) in [5.74, 6) is 0. The molecule has 1 aromatic carbocycles. The molecule has 0 aliphatic carbocycles. The summed E-state index contributed by atoms with van der Waals surface area (Å²) < 4.78 is 2.11. The van der Waals surface area contributed by atoms with Crippen LogP contribution in [0.15, 0.2) is 30.3 Å². The molecule has 0 saturated carbocycles. The molecular formula is C16H21ClN2. The summed E-state index contributed by atoms with van der Waals surface area (Å²) in [5.41, 5.74) is 3.45. The van der Waals surface area contributed by atoms with Gasteiger partial charge in [-0.25, -0.2) is 0 Å². The van der Waals surface area contributed by atoms with Gasteiger partial charge in [0.2, 0.25) is 0 Å². The second-order valence-electron chi connectivity index (χ2n) is 5.86. The highest BCUT2D eigenvalue weighted by atomic mass is 35.5. The maximum Gasteiger partial charge on any atom is 0.0691 e. The summed E-state index contributed by atoms with van der Waals surface area (Å²) in [5, 5.41) is 5.52. The Morgan fingerprint density at radius 2 is 1.79 bits per heavy atom. The van der Waals surface area contributed by atoms with Crippen molar-refractivity contribution in [2.45, 2.75) is 46.1 Å². The lowest BCUT2D eigenvalue weighted by molar-refractivity contribution is 0.357. The first-order valence-electron chi connectivity index (χ1n) is 6.77. The summed E-state index contributed by atoms with van der Waals surface area (Å²) >= 11 is 5.96. The summed E-state index contributed by atoms with van der Waals surface area (Å²) in [6.07, 6.45) is 2.13. The molecule has 0 amide bonds. The topological polar surface area (TPSA) is 17.8 Å². The van der Waals surface area contributed by atoms with E-state index in [0.29, 0.717) is 0 Å². The number of hydrogen-bond donors (Lipinski definition) is 0. The molecule has 1 heterocycles. The lowest BCUT2D eigenvalue weighted by Crippen LogP contribution is -2.24. The third-order valence-corrected chi connectivity index (χ3v) is 3.29. The summed E-state index contributed by atoms with van der Waals surface area (Å²) in [6, 6.07) is 10.2. The van der Waals surface area contributed by atoms with Crippen LogP contribution in [0.4, 0.5) is 0 Å². The molecule has 0 unspecified atom stereocenters. The van der Waals surface area contributed by atoms with Crippen LogP contribution in [0, 0.1) is 0 Å². The van der Waals surface area contributed by atoms with Crippen LogP contribution in [0.2, 0.25) is 5.02 Å². The van der Waals surface area contributed by atoms with Crippen molar-refractivity contribution in [2.75, 3.05) is 0 Å². The van der Waals surface area contributed by atoms with Gasteiger partial charge in [0.05, 0.1) is 16.9 Å². The van der Waals surface area contributed by atoms with Gasteiger partial charge in [0, 0.05) is 5.02 Å². The number of halogens is 1. The lowest BCUT2D eigenvalue weighted by Gasteiger charge is -2.22. The molecule has 2 nitrogen and oxygen atoms in total. The lowest BCUT2D eigenvalue weighted by atomic mass is 10.1. The van der Waals surface area contributed by atoms with Crippen molar-refractivity contribution in [1.29, 1.82) is 0 Å². The minimum absolute atomic E-state index is 0.0268. The van der Waals surface area contributed by atoms with Gasteiger partial charge in [-0.3, -0.25) is 4.68 Å². The fourth-order valence-corrected chi connectivity index (χ4v) is 2.27. The van der Waals surface area contributed by atoms with Crippen LogP contribution < -0.4 is 0 Å². The summed E-state index contributed by atoms with van der Waals surface area (Å²) in [7, 11) is 0. The van der Waals surface area contributed by atoms with Crippen LogP contribution in [0.1, 0.15) is 39.8 Å². The van der Waals surface area contributed by atoms with Gasteiger partial charge in [0.25, 0.3) is 0 Å². The van der Waals surface area contributed by atoms with Gasteiger partial charge >= 0.3 is 0 Å². The maximum atomic E-state index is 5.96. The second kappa shape index (κ2) is 5.38. The molecule has 0 bridgehead atoms. The third kappa shape index (κ3) is 3.19. The van der Waals surface area contributed by atoms with E-state index in [1.807, 2.05) is 12.1 Å². The van der Waals surface area contributed by atoms with Gasteiger partial charge in [-0.15, -0.1) is 0 Å². The molecule has 0 aliphatic rings. The minimum atomic E-state index is -0.0268. The third-order valence-electron chi connectivity index (χ3n) is 3.04. The normalized spacial score (nSPS) is 11.8. The number of hydrogen-bond acceptors (Lipinski definition) is 1. The van der Waals surface area contributed by atoms with Gasteiger partial charge in [-0.05, 0) is 51.0 Å². The Kier molecular flexibility index (Phi) is 4.00. The standard InChI is InChI=1S/C16H21ClN2/c1-5-6-14-11-15(19(18-14)16(2,3)4)12-7-9-13(17)10-8-12/h7-11H,5-6H2,1-4H3. The van der Waals surface area contributed by atoms with Crippen molar-refractivity contribution in [2.24, 2.45) is 0 Å². The van der Waals surface area contributed by atoms with Gasteiger partial charge < -0.3 is 0 Å². The van der Waals surface area contributed by atoms with Crippen molar-refractivity contribution >= 4 is 11.6 Å². The van der Waals surface area contributed by atoms with Gasteiger partial charge in [0.1, 0.15) is 0 Å². The summed E-state index contributed by atoms with van der Waals surface area (Å²) in [4.78, 5) is 0. The van der Waals surface area contributed by atoms with Crippen LogP contribution in [0.5, 0.6) is 0 Å². The monoisotopic (exact) mass is 276 g/mol. The molecule has 0 radical (unpaired) electrons. The molecule has 19 heavy (non-hydrogen) atoms. The van der Waals surface area contributed by atoms with Crippen LogP contribution in [-0.4, -0.2) is 9.78 Å². The minimum Gasteiger partial charge on any atom is -0.259 e. The molecule has 2 rings (SSSR count). The molecule has 3 heteroatoms. The van der Waals surface area contributed by atoms with Gasteiger partial charge in [-0.2, -0.15) is 5.10 Å².